The smallest absolute Gasteiger partial charge is 0.254 e. The predicted molar refractivity (Wildman–Crippen MR) is 97.8 cm³/mol. The number of pyridine rings is 1. The highest BCUT2D eigenvalue weighted by Gasteiger charge is 2.49. The third-order valence-corrected chi connectivity index (χ3v) is 5.18. The third kappa shape index (κ3) is 3.64. The van der Waals surface area contributed by atoms with Gasteiger partial charge >= 0.3 is 0 Å². The van der Waals surface area contributed by atoms with E-state index in [9.17, 15) is 4.79 Å². The Hall–Kier alpha value is -2.24. The van der Waals surface area contributed by atoms with Crippen LogP contribution in [0, 0.1) is 6.92 Å². The van der Waals surface area contributed by atoms with E-state index in [1.807, 2.05) is 54.3 Å². The van der Waals surface area contributed by atoms with Crippen LogP contribution < -0.4 is 0 Å². The average Bonchev–Trinajstić information content (AvgIpc) is 2.65. The van der Waals surface area contributed by atoms with Crippen LogP contribution in [0.15, 0.2) is 48.7 Å². The maximum Gasteiger partial charge on any atom is 0.254 e. The number of rotatable bonds is 4. The fourth-order valence-electron chi connectivity index (χ4n) is 3.70. The first-order valence-corrected chi connectivity index (χ1v) is 9.15. The van der Waals surface area contributed by atoms with Crippen LogP contribution in [0.3, 0.4) is 0 Å². The number of aromatic nitrogens is 1. The van der Waals surface area contributed by atoms with E-state index < -0.39 is 0 Å². The molecule has 5 heteroatoms. The number of hydrogen-bond acceptors (Lipinski definition) is 4. The predicted octanol–water partition coefficient (Wildman–Crippen LogP) is 2.98. The van der Waals surface area contributed by atoms with E-state index in [0.717, 1.165) is 29.7 Å². The van der Waals surface area contributed by atoms with Gasteiger partial charge in [0.25, 0.3) is 5.91 Å². The molecule has 136 valence electrons. The van der Waals surface area contributed by atoms with Crippen LogP contribution in [0.4, 0.5) is 0 Å². The van der Waals surface area contributed by atoms with Gasteiger partial charge in [-0.15, -0.1) is 0 Å². The molecule has 1 amide bonds. The number of aryl methyl sites for hydroxylation is 1. The minimum Gasteiger partial charge on any atom is -0.372 e. The van der Waals surface area contributed by atoms with Gasteiger partial charge in [-0.2, -0.15) is 0 Å². The number of carbonyl (C=O) groups is 1. The number of ether oxygens (including phenoxy) is 2. The van der Waals surface area contributed by atoms with E-state index >= 15 is 0 Å². The summed E-state index contributed by atoms with van der Waals surface area (Å²) in [5.74, 6) is 0.0794. The van der Waals surface area contributed by atoms with Gasteiger partial charge in [-0.3, -0.25) is 9.78 Å². The summed E-state index contributed by atoms with van der Waals surface area (Å²) in [5, 5.41) is 0. The molecular formula is C21H24N2O3. The zero-order valence-corrected chi connectivity index (χ0v) is 15.1. The van der Waals surface area contributed by atoms with Crippen molar-refractivity contribution in [2.75, 3.05) is 19.7 Å². The highest BCUT2D eigenvalue weighted by molar-refractivity contribution is 5.95. The molecule has 2 aliphatic heterocycles. The van der Waals surface area contributed by atoms with Gasteiger partial charge in [0.1, 0.15) is 5.60 Å². The summed E-state index contributed by atoms with van der Waals surface area (Å²) >= 11 is 0. The number of amides is 1. The monoisotopic (exact) mass is 352 g/mol. The largest absolute Gasteiger partial charge is 0.372 e. The molecule has 0 bridgehead atoms. The average molecular weight is 352 g/mol. The number of nitrogens with zero attached hydrogens (tertiary/aromatic N) is 2. The summed E-state index contributed by atoms with van der Waals surface area (Å²) in [6.45, 7) is 4.51. The second kappa shape index (κ2) is 7.17. The van der Waals surface area contributed by atoms with Crippen LogP contribution in [0.5, 0.6) is 0 Å². The molecule has 5 nitrogen and oxygen atoms in total. The standard InChI is InChI=1S/C21H24N2O3/c1-16-5-7-17(8-6-16)20(24)23-14-21(15-23)12-19(9-11-26-21)25-13-18-4-2-3-10-22-18/h2-8,10,19H,9,11-15H2,1H3/t19-/m0/s1. The molecule has 2 aliphatic rings. The first-order chi connectivity index (χ1) is 12.6. The number of hydrogen-bond donors (Lipinski definition) is 0. The Morgan fingerprint density at radius 1 is 1.27 bits per heavy atom. The Balaban J connectivity index is 1.31. The molecule has 26 heavy (non-hydrogen) atoms. The van der Waals surface area contributed by atoms with Crippen molar-refractivity contribution in [3.63, 3.8) is 0 Å². The lowest BCUT2D eigenvalue weighted by atomic mass is 9.84. The molecule has 4 rings (SSSR count). The van der Waals surface area contributed by atoms with Gasteiger partial charge in [0.15, 0.2) is 0 Å². The molecule has 1 atom stereocenters. The summed E-state index contributed by atoms with van der Waals surface area (Å²) in [7, 11) is 0. The van der Waals surface area contributed by atoms with Gasteiger partial charge in [-0.25, -0.2) is 0 Å². The van der Waals surface area contributed by atoms with Crippen molar-refractivity contribution in [3.8, 4) is 0 Å². The second-order valence-electron chi connectivity index (χ2n) is 7.31. The summed E-state index contributed by atoms with van der Waals surface area (Å²) in [6, 6.07) is 13.6. The van der Waals surface area contributed by atoms with Crippen LogP contribution in [0.1, 0.15) is 34.5 Å². The molecule has 2 fully saturated rings. The van der Waals surface area contributed by atoms with Gasteiger partial charge in [0.05, 0.1) is 31.5 Å². The minimum atomic E-state index is -0.243. The maximum absolute atomic E-state index is 12.6. The molecule has 0 unspecified atom stereocenters. The van der Waals surface area contributed by atoms with Crippen molar-refractivity contribution in [1.29, 1.82) is 0 Å². The van der Waals surface area contributed by atoms with E-state index in [0.29, 0.717) is 26.3 Å². The molecule has 0 radical (unpaired) electrons. The van der Waals surface area contributed by atoms with Gasteiger partial charge in [0, 0.05) is 24.8 Å². The fraction of sp³-hybridized carbons (Fsp3) is 0.429. The lowest BCUT2D eigenvalue weighted by Crippen LogP contribution is -2.67. The molecule has 3 heterocycles. The molecular weight excluding hydrogens is 328 g/mol. The van der Waals surface area contributed by atoms with Crippen LogP contribution in [-0.4, -0.2) is 47.2 Å². The summed E-state index contributed by atoms with van der Waals surface area (Å²) < 4.78 is 12.1. The molecule has 2 aromatic rings. The SMILES string of the molecule is Cc1ccc(C(=O)N2CC3(C[C@@H](OCc4ccccn4)CCO3)C2)cc1. The topological polar surface area (TPSA) is 51.7 Å². The molecule has 0 saturated carbocycles. The van der Waals surface area contributed by atoms with Gasteiger partial charge in [-0.05, 0) is 37.6 Å². The highest BCUT2D eigenvalue weighted by atomic mass is 16.5. The minimum absolute atomic E-state index is 0.0794. The Labute approximate surface area is 153 Å². The van der Waals surface area contributed by atoms with E-state index in [1.165, 1.54) is 0 Å². The lowest BCUT2D eigenvalue weighted by Gasteiger charge is -2.53. The molecule has 0 aliphatic carbocycles. The van der Waals surface area contributed by atoms with E-state index in [4.69, 9.17) is 9.47 Å². The highest BCUT2D eigenvalue weighted by Crippen LogP contribution is 2.36. The van der Waals surface area contributed by atoms with E-state index in [2.05, 4.69) is 4.98 Å². The molecule has 1 aromatic heterocycles. The summed E-state index contributed by atoms with van der Waals surface area (Å²) in [6.07, 6.45) is 3.66. The van der Waals surface area contributed by atoms with Gasteiger partial charge in [0.2, 0.25) is 0 Å². The fourth-order valence-corrected chi connectivity index (χ4v) is 3.70. The first kappa shape index (κ1) is 17.2. The van der Waals surface area contributed by atoms with Crippen LogP contribution in [-0.2, 0) is 16.1 Å². The number of carbonyl (C=O) groups excluding carboxylic acids is 1. The first-order valence-electron chi connectivity index (χ1n) is 9.15. The van der Waals surface area contributed by atoms with Crippen molar-refractivity contribution < 1.29 is 14.3 Å². The zero-order valence-electron chi connectivity index (χ0n) is 15.1. The Morgan fingerprint density at radius 2 is 2.08 bits per heavy atom. The molecule has 1 aromatic carbocycles. The van der Waals surface area contributed by atoms with Crippen molar-refractivity contribution in [2.24, 2.45) is 0 Å². The van der Waals surface area contributed by atoms with Crippen LogP contribution in [0.25, 0.3) is 0 Å². The van der Waals surface area contributed by atoms with Crippen molar-refractivity contribution in [2.45, 2.75) is 38.1 Å². The molecule has 2 saturated heterocycles. The lowest BCUT2D eigenvalue weighted by molar-refractivity contribution is -0.188. The van der Waals surface area contributed by atoms with Crippen LogP contribution in [0.2, 0.25) is 0 Å². The Bertz CT molecular complexity index is 755. The summed E-state index contributed by atoms with van der Waals surface area (Å²) in [5.41, 5.74) is 2.60. The van der Waals surface area contributed by atoms with Crippen molar-refractivity contribution >= 4 is 5.91 Å². The van der Waals surface area contributed by atoms with Gasteiger partial charge < -0.3 is 14.4 Å². The van der Waals surface area contributed by atoms with E-state index in [-0.39, 0.29) is 17.6 Å². The van der Waals surface area contributed by atoms with Crippen LogP contribution >= 0.6 is 0 Å². The zero-order chi connectivity index (χ0) is 18.0. The third-order valence-electron chi connectivity index (χ3n) is 5.18. The quantitative estimate of drug-likeness (QED) is 0.849. The van der Waals surface area contributed by atoms with Crippen molar-refractivity contribution in [1.82, 2.24) is 9.88 Å². The summed E-state index contributed by atoms with van der Waals surface area (Å²) in [4.78, 5) is 18.8. The number of likely N-dealkylation sites (tertiary alicyclic amines) is 1. The molecule has 1 spiro atoms. The Morgan fingerprint density at radius 3 is 2.81 bits per heavy atom. The number of benzene rings is 1. The molecule has 0 N–H and O–H groups in total. The normalized spacial score (nSPS) is 21.4. The van der Waals surface area contributed by atoms with E-state index in [1.54, 1.807) is 6.20 Å². The van der Waals surface area contributed by atoms with Crippen molar-refractivity contribution in [3.05, 3.63) is 65.5 Å². The van der Waals surface area contributed by atoms with Gasteiger partial charge in [-0.1, -0.05) is 23.8 Å². The maximum atomic E-state index is 12.6. The second-order valence-corrected chi connectivity index (χ2v) is 7.31. The Kier molecular flexibility index (Phi) is 4.74.